The zero-order valence-corrected chi connectivity index (χ0v) is 14.4. The second-order valence-corrected chi connectivity index (χ2v) is 6.20. The van der Waals surface area contributed by atoms with Crippen LogP contribution in [0.25, 0.3) is 22.3 Å². The third kappa shape index (κ3) is 3.37. The fourth-order valence-electron chi connectivity index (χ4n) is 3.04. The van der Waals surface area contributed by atoms with Gasteiger partial charge in [0.25, 0.3) is 0 Å². The third-order valence-electron chi connectivity index (χ3n) is 4.51. The van der Waals surface area contributed by atoms with Gasteiger partial charge in [0, 0.05) is 0 Å². The molecule has 0 aliphatic carbocycles. The van der Waals surface area contributed by atoms with Gasteiger partial charge in [-0.05, 0) is 46.5 Å². The van der Waals surface area contributed by atoms with Crippen LogP contribution in [0.2, 0.25) is 0 Å². The van der Waals surface area contributed by atoms with Gasteiger partial charge in [0.15, 0.2) is 0 Å². The smallest absolute Gasteiger partial charge is 0.0575 e. The lowest BCUT2D eigenvalue weighted by Crippen LogP contribution is -2.24. The van der Waals surface area contributed by atoms with Crippen molar-refractivity contribution >= 4 is 11.4 Å². The monoisotopic (exact) mass is 336 g/mol. The molecule has 0 atom stereocenters. The SMILES string of the molecule is NN(c1ccc(-c2ccccc2)cc1)c1ccc(-c2ccccc2)cc1. The van der Waals surface area contributed by atoms with Gasteiger partial charge in [-0.15, -0.1) is 0 Å². The first-order chi connectivity index (χ1) is 12.8. The molecule has 0 amide bonds. The molecule has 4 rings (SSSR count). The summed E-state index contributed by atoms with van der Waals surface area (Å²) in [6.07, 6.45) is 0. The molecular formula is C24H20N2. The van der Waals surface area contributed by atoms with Crippen molar-refractivity contribution in [2.45, 2.75) is 0 Å². The molecule has 4 aromatic carbocycles. The van der Waals surface area contributed by atoms with Crippen LogP contribution in [-0.2, 0) is 0 Å². The molecule has 0 saturated heterocycles. The molecule has 2 N–H and O–H groups in total. The average Bonchev–Trinajstić information content (AvgIpc) is 2.75. The van der Waals surface area contributed by atoms with E-state index in [2.05, 4.69) is 48.5 Å². The number of hydrazine groups is 1. The summed E-state index contributed by atoms with van der Waals surface area (Å²) < 4.78 is 0. The number of nitrogens with two attached hydrogens (primary N) is 1. The lowest BCUT2D eigenvalue weighted by Gasteiger charge is -2.19. The van der Waals surface area contributed by atoms with Crippen LogP contribution in [0, 0.1) is 0 Å². The van der Waals surface area contributed by atoms with E-state index in [4.69, 9.17) is 5.84 Å². The summed E-state index contributed by atoms with van der Waals surface area (Å²) in [7, 11) is 0. The molecule has 0 heterocycles. The summed E-state index contributed by atoms with van der Waals surface area (Å²) >= 11 is 0. The van der Waals surface area contributed by atoms with E-state index >= 15 is 0 Å². The van der Waals surface area contributed by atoms with E-state index in [1.807, 2.05) is 60.7 Å². The molecule has 126 valence electrons. The van der Waals surface area contributed by atoms with Gasteiger partial charge in [0.1, 0.15) is 0 Å². The Bertz CT molecular complexity index is 877. The lowest BCUT2D eigenvalue weighted by atomic mass is 10.0. The number of hydrogen-bond donors (Lipinski definition) is 1. The molecule has 0 saturated carbocycles. The zero-order valence-electron chi connectivity index (χ0n) is 14.4. The van der Waals surface area contributed by atoms with Gasteiger partial charge in [-0.1, -0.05) is 84.9 Å². The number of hydrogen-bond acceptors (Lipinski definition) is 2. The number of benzene rings is 4. The Hall–Kier alpha value is -3.36. The van der Waals surface area contributed by atoms with E-state index in [0.717, 1.165) is 11.4 Å². The van der Waals surface area contributed by atoms with Gasteiger partial charge in [0.2, 0.25) is 0 Å². The van der Waals surface area contributed by atoms with Crippen LogP contribution in [0.3, 0.4) is 0 Å². The maximum atomic E-state index is 6.33. The highest BCUT2D eigenvalue weighted by atomic mass is 15.4. The molecule has 26 heavy (non-hydrogen) atoms. The third-order valence-corrected chi connectivity index (χ3v) is 4.51. The van der Waals surface area contributed by atoms with Crippen LogP contribution in [0.1, 0.15) is 0 Å². The van der Waals surface area contributed by atoms with Gasteiger partial charge >= 0.3 is 0 Å². The first-order valence-corrected chi connectivity index (χ1v) is 8.67. The standard InChI is InChI=1S/C24H20N2/c25-26(23-15-11-21(12-16-23)19-7-3-1-4-8-19)24-17-13-22(14-18-24)20-9-5-2-6-10-20/h1-18H,25H2. The summed E-state index contributed by atoms with van der Waals surface area (Å²) in [6, 6.07) is 37.3. The van der Waals surface area contributed by atoms with Crippen molar-refractivity contribution in [3.63, 3.8) is 0 Å². The van der Waals surface area contributed by atoms with Crippen LogP contribution < -0.4 is 10.9 Å². The highest BCUT2D eigenvalue weighted by Gasteiger charge is 2.06. The largest absolute Gasteiger partial charge is 0.280 e. The van der Waals surface area contributed by atoms with Crippen molar-refractivity contribution in [1.29, 1.82) is 0 Å². The maximum absolute atomic E-state index is 6.33. The highest BCUT2D eigenvalue weighted by molar-refractivity contribution is 5.71. The Morgan fingerprint density at radius 2 is 0.692 bits per heavy atom. The van der Waals surface area contributed by atoms with Gasteiger partial charge in [0.05, 0.1) is 11.4 Å². The van der Waals surface area contributed by atoms with Crippen LogP contribution in [0.4, 0.5) is 11.4 Å². The Kier molecular flexibility index (Phi) is 4.50. The zero-order chi connectivity index (χ0) is 17.8. The minimum atomic E-state index is 0.956. The van der Waals surface area contributed by atoms with Crippen LogP contribution in [0.5, 0.6) is 0 Å². The molecule has 0 unspecified atom stereocenters. The van der Waals surface area contributed by atoms with E-state index in [9.17, 15) is 0 Å². The first kappa shape index (κ1) is 16.1. The minimum Gasteiger partial charge on any atom is -0.280 e. The fraction of sp³-hybridized carbons (Fsp3) is 0. The van der Waals surface area contributed by atoms with E-state index < -0.39 is 0 Å². The summed E-state index contributed by atoms with van der Waals surface area (Å²) in [5.41, 5.74) is 6.68. The number of rotatable bonds is 4. The quantitative estimate of drug-likeness (QED) is 0.364. The van der Waals surface area contributed by atoms with Crippen LogP contribution >= 0.6 is 0 Å². The topological polar surface area (TPSA) is 29.3 Å². The van der Waals surface area contributed by atoms with Crippen molar-refractivity contribution in [2.75, 3.05) is 5.01 Å². The van der Waals surface area contributed by atoms with Crippen molar-refractivity contribution < 1.29 is 0 Å². The second kappa shape index (κ2) is 7.26. The van der Waals surface area contributed by atoms with Crippen molar-refractivity contribution in [3.8, 4) is 22.3 Å². The summed E-state index contributed by atoms with van der Waals surface area (Å²) in [4.78, 5) is 0. The van der Waals surface area contributed by atoms with Crippen molar-refractivity contribution in [3.05, 3.63) is 109 Å². The molecule has 0 spiro atoms. The Morgan fingerprint density at radius 3 is 1.04 bits per heavy atom. The average molecular weight is 336 g/mol. The molecule has 4 aromatic rings. The minimum absolute atomic E-state index is 0.956. The fourth-order valence-corrected chi connectivity index (χ4v) is 3.04. The van der Waals surface area contributed by atoms with Gasteiger partial charge < -0.3 is 0 Å². The van der Waals surface area contributed by atoms with E-state index in [1.165, 1.54) is 22.3 Å². The molecule has 0 radical (unpaired) electrons. The number of anilines is 2. The first-order valence-electron chi connectivity index (χ1n) is 8.67. The molecule has 2 heteroatoms. The van der Waals surface area contributed by atoms with Crippen LogP contribution in [0.15, 0.2) is 109 Å². The molecule has 0 bridgehead atoms. The Morgan fingerprint density at radius 1 is 0.385 bits per heavy atom. The summed E-state index contributed by atoms with van der Waals surface area (Å²) in [6.45, 7) is 0. The molecule has 2 nitrogen and oxygen atoms in total. The Labute approximate surface area is 154 Å². The van der Waals surface area contributed by atoms with Gasteiger partial charge in [-0.25, -0.2) is 5.84 Å². The molecular weight excluding hydrogens is 316 g/mol. The molecule has 0 aromatic heterocycles. The normalized spacial score (nSPS) is 10.5. The molecule has 0 aliphatic rings. The van der Waals surface area contributed by atoms with Crippen molar-refractivity contribution in [2.24, 2.45) is 5.84 Å². The predicted molar refractivity (Wildman–Crippen MR) is 110 cm³/mol. The molecule has 0 fully saturated rings. The van der Waals surface area contributed by atoms with Gasteiger partial charge in [-0.3, -0.25) is 5.01 Å². The summed E-state index contributed by atoms with van der Waals surface area (Å²) in [5.74, 6) is 6.33. The predicted octanol–water partition coefficient (Wildman–Crippen LogP) is 6.03. The molecule has 0 aliphatic heterocycles. The second-order valence-electron chi connectivity index (χ2n) is 6.20. The van der Waals surface area contributed by atoms with Gasteiger partial charge in [-0.2, -0.15) is 0 Å². The van der Waals surface area contributed by atoms with E-state index in [-0.39, 0.29) is 0 Å². The summed E-state index contributed by atoms with van der Waals surface area (Å²) in [5, 5.41) is 1.71. The number of nitrogens with zero attached hydrogens (tertiary/aromatic N) is 1. The van der Waals surface area contributed by atoms with Crippen molar-refractivity contribution in [1.82, 2.24) is 0 Å². The highest BCUT2D eigenvalue weighted by Crippen LogP contribution is 2.28. The Balaban J connectivity index is 1.55. The van der Waals surface area contributed by atoms with E-state index in [1.54, 1.807) is 5.01 Å². The maximum Gasteiger partial charge on any atom is 0.0575 e. The lowest BCUT2D eigenvalue weighted by molar-refractivity contribution is 1.09. The van der Waals surface area contributed by atoms with E-state index in [0.29, 0.717) is 0 Å². The van der Waals surface area contributed by atoms with Crippen LogP contribution in [-0.4, -0.2) is 0 Å².